The number of rotatable bonds is 3. The molecule has 1 heterocycles. The highest BCUT2D eigenvalue weighted by molar-refractivity contribution is 9.10. The number of benzene rings is 1. The van der Waals surface area contributed by atoms with E-state index in [2.05, 4.69) is 26.2 Å². The van der Waals surface area contributed by atoms with E-state index in [4.69, 9.17) is 5.11 Å². The lowest BCUT2D eigenvalue weighted by molar-refractivity contribution is 0.0697. The Morgan fingerprint density at radius 1 is 1.47 bits per heavy atom. The number of halogens is 1. The number of aromatic nitrogens is 2. The van der Waals surface area contributed by atoms with Gasteiger partial charge < -0.3 is 15.0 Å². The molecule has 0 aliphatic rings. The van der Waals surface area contributed by atoms with Crippen molar-refractivity contribution in [1.82, 2.24) is 9.55 Å². The van der Waals surface area contributed by atoms with Crippen molar-refractivity contribution in [2.75, 3.05) is 5.32 Å². The number of carboxylic acids is 1. The Kier molecular flexibility index (Phi) is 3.66. The number of anilines is 2. The van der Waals surface area contributed by atoms with E-state index in [1.807, 2.05) is 0 Å². The van der Waals surface area contributed by atoms with Crippen LogP contribution in [0.25, 0.3) is 0 Å². The minimum absolute atomic E-state index is 0.159. The predicted molar refractivity (Wildman–Crippen MR) is 73.9 cm³/mol. The van der Waals surface area contributed by atoms with Gasteiger partial charge in [-0.2, -0.15) is 0 Å². The number of nitrogens with zero attached hydrogens (tertiary/aromatic N) is 2. The molecule has 0 unspecified atom stereocenters. The fourth-order valence-electron chi connectivity index (χ4n) is 1.46. The van der Waals surface area contributed by atoms with E-state index in [-0.39, 0.29) is 16.9 Å². The number of carbonyl (C=O) groups is 1. The van der Waals surface area contributed by atoms with Crippen molar-refractivity contribution in [1.29, 1.82) is 0 Å². The Balaban J connectivity index is 2.36. The fourth-order valence-corrected chi connectivity index (χ4v) is 1.94. The van der Waals surface area contributed by atoms with Gasteiger partial charge in [-0.3, -0.25) is 4.79 Å². The van der Waals surface area contributed by atoms with Gasteiger partial charge in [0.2, 0.25) is 0 Å². The fraction of sp³-hybridized carbons (Fsp3) is 0.0833. The highest BCUT2D eigenvalue weighted by Gasteiger charge is 2.09. The molecule has 0 bridgehead atoms. The molecule has 6 nitrogen and oxygen atoms in total. The first-order valence-electron chi connectivity index (χ1n) is 5.30. The zero-order valence-electron chi connectivity index (χ0n) is 9.92. The van der Waals surface area contributed by atoms with Gasteiger partial charge in [0.25, 0.3) is 5.56 Å². The van der Waals surface area contributed by atoms with Crippen molar-refractivity contribution in [2.24, 2.45) is 7.05 Å². The Hall–Kier alpha value is -2.15. The van der Waals surface area contributed by atoms with Crippen LogP contribution in [-0.4, -0.2) is 20.6 Å². The molecule has 19 heavy (non-hydrogen) atoms. The quantitative estimate of drug-likeness (QED) is 0.902. The molecule has 0 saturated carbocycles. The molecule has 2 rings (SSSR count). The van der Waals surface area contributed by atoms with E-state index < -0.39 is 5.97 Å². The van der Waals surface area contributed by atoms with E-state index in [0.29, 0.717) is 10.2 Å². The van der Waals surface area contributed by atoms with E-state index in [1.165, 1.54) is 22.9 Å². The summed E-state index contributed by atoms with van der Waals surface area (Å²) in [7, 11) is 1.62. The maximum atomic E-state index is 11.8. The Labute approximate surface area is 116 Å². The zero-order chi connectivity index (χ0) is 14.0. The molecule has 0 spiro atoms. The summed E-state index contributed by atoms with van der Waals surface area (Å²) >= 11 is 3.25. The number of aromatic carboxylic acids is 1. The molecule has 0 aliphatic heterocycles. The first-order valence-corrected chi connectivity index (χ1v) is 6.10. The molecule has 2 aromatic rings. The van der Waals surface area contributed by atoms with Crippen molar-refractivity contribution >= 4 is 33.4 Å². The summed E-state index contributed by atoms with van der Waals surface area (Å²) in [5.41, 5.74) is 0.462. The second-order valence-corrected chi connectivity index (χ2v) is 4.67. The van der Waals surface area contributed by atoms with Crippen LogP contribution in [-0.2, 0) is 7.05 Å². The van der Waals surface area contributed by atoms with Crippen LogP contribution in [0.4, 0.5) is 11.5 Å². The number of aryl methyl sites for hydroxylation is 1. The van der Waals surface area contributed by atoms with Crippen LogP contribution in [0.2, 0.25) is 0 Å². The van der Waals surface area contributed by atoms with Crippen molar-refractivity contribution in [2.45, 2.75) is 0 Å². The number of nitrogens with one attached hydrogen (secondary N) is 1. The molecular weight excluding hydrogens is 314 g/mol. The third-order valence-corrected chi connectivity index (χ3v) is 3.14. The lowest BCUT2D eigenvalue weighted by atomic mass is 10.2. The van der Waals surface area contributed by atoms with Crippen molar-refractivity contribution < 1.29 is 9.90 Å². The van der Waals surface area contributed by atoms with Crippen molar-refractivity contribution in [3.8, 4) is 0 Å². The van der Waals surface area contributed by atoms with Crippen LogP contribution in [0.15, 0.2) is 39.9 Å². The van der Waals surface area contributed by atoms with Crippen LogP contribution in [0, 0.1) is 0 Å². The van der Waals surface area contributed by atoms with Gasteiger partial charge in [-0.15, -0.1) is 0 Å². The van der Waals surface area contributed by atoms with Crippen LogP contribution in [0.1, 0.15) is 10.4 Å². The summed E-state index contributed by atoms with van der Waals surface area (Å²) in [6.45, 7) is 0. The number of hydrogen-bond acceptors (Lipinski definition) is 4. The van der Waals surface area contributed by atoms with Gasteiger partial charge in [-0.25, -0.2) is 9.78 Å². The second-order valence-electron chi connectivity index (χ2n) is 3.82. The summed E-state index contributed by atoms with van der Waals surface area (Å²) in [5.74, 6) is -0.838. The highest BCUT2D eigenvalue weighted by atomic mass is 79.9. The smallest absolute Gasteiger partial charge is 0.335 e. The minimum atomic E-state index is -1.01. The molecule has 0 saturated heterocycles. The molecule has 0 atom stereocenters. The molecule has 0 amide bonds. The van der Waals surface area contributed by atoms with E-state index in [1.54, 1.807) is 19.3 Å². The van der Waals surface area contributed by atoms with Crippen LogP contribution in [0.5, 0.6) is 0 Å². The van der Waals surface area contributed by atoms with Crippen LogP contribution in [0.3, 0.4) is 0 Å². The lowest BCUT2D eigenvalue weighted by Crippen LogP contribution is -2.20. The Bertz CT molecular complexity index is 697. The zero-order valence-corrected chi connectivity index (χ0v) is 11.5. The van der Waals surface area contributed by atoms with Gasteiger partial charge in [-0.1, -0.05) is 0 Å². The van der Waals surface area contributed by atoms with Crippen LogP contribution < -0.4 is 10.9 Å². The third-order valence-electron chi connectivity index (χ3n) is 2.49. The summed E-state index contributed by atoms with van der Waals surface area (Å²) < 4.78 is 1.94. The molecular formula is C12H10BrN3O3. The molecule has 1 aromatic heterocycles. The summed E-state index contributed by atoms with van der Waals surface area (Å²) in [6, 6.07) is 4.47. The van der Waals surface area contributed by atoms with Crippen molar-refractivity contribution in [3.05, 3.63) is 51.0 Å². The molecule has 2 N–H and O–H groups in total. The normalized spacial score (nSPS) is 10.2. The number of hydrogen-bond donors (Lipinski definition) is 2. The van der Waals surface area contributed by atoms with E-state index >= 15 is 0 Å². The highest BCUT2D eigenvalue weighted by Crippen LogP contribution is 2.25. The van der Waals surface area contributed by atoms with Gasteiger partial charge in [0.05, 0.1) is 11.3 Å². The SMILES string of the molecule is Cn1ccnc(Nc2ccc(C(=O)O)cc2Br)c1=O. The minimum Gasteiger partial charge on any atom is -0.478 e. The molecule has 0 fully saturated rings. The summed E-state index contributed by atoms with van der Waals surface area (Å²) in [6.07, 6.45) is 3.05. The largest absolute Gasteiger partial charge is 0.478 e. The van der Waals surface area contributed by atoms with Gasteiger partial charge >= 0.3 is 5.97 Å². The van der Waals surface area contributed by atoms with Crippen LogP contribution >= 0.6 is 15.9 Å². The van der Waals surface area contributed by atoms with Gasteiger partial charge in [0.1, 0.15) is 0 Å². The maximum Gasteiger partial charge on any atom is 0.335 e. The molecule has 1 aromatic carbocycles. The van der Waals surface area contributed by atoms with E-state index in [9.17, 15) is 9.59 Å². The predicted octanol–water partition coefficient (Wildman–Crippen LogP) is 1.98. The Morgan fingerprint density at radius 2 is 2.21 bits per heavy atom. The topological polar surface area (TPSA) is 84.2 Å². The summed E-state index contributed by atoms with van der Waals surface area (Å²) in [5, 5.41) is 11.7. The van der Waals surface area contributed by atoms with Gasteiger partial charge in [0.15, 0.2) is 5.82 Å². The molecule has 0 radical (unpaired) electrons. The first kappa shape index (κ1) is 13.3. The van der Waals surface area contributed by atoms with Gasteiger partial charge in [-0.05, 0) is 34.1 Å². The number of carboxylic acid groups (broad SMARTS) is 1. The lowest BCUT2D eigenvalue weighted by Gasteiger charge is -2.08. The van der Waals surface area contributed by atoms with Crippen molar-refractivity contribution in [3.63, 3.8) is 0 Å². The standard InChI is InChI=1S/C12H10BrN3O3/c1-16-5-4-14-10(11(16)17)15-9-3-2-7(12(18)19)6-8(9)13/h2-6H,1H3,(H,14,15)(H,18,19). The average Bonchev–Trinajstić information content (AvgIpc) is 2.37. The first-order chi connectivity index (χ1) is 8.99. The Morgan fingerprint density at radius 3 is 2.84 bits per heavy atom. The maximum absolute atomic E-state index is 11.8. The van der Waals surface area contributed by atoms with E-state index in [0.717, 1.165) is 0 Å². The summed E-state index contributed by atoms with van der Waals surface area (Å²) in [4.78, 5) is 26.6. The van der Waals surface area contributed by atoms with Gasteiger partial charge in [0, 0.05) is 23.9 Å². The monoisotopic (exact) mass is 323 g/mol. The molecule has 98 valence electrons. The average molecular weight is 324 g/mol. The third kappa shape index (κ3) is 2.82. The molecule has 0 aliphatic carbocycles. The second kappa shape index (κ2) is 5.23. The molecule has 7 heteroatoms.